The van der Waals surface area contributed by atoms with Gasteiger partial charge in [-0.2, -0.15) is 13.2 Å². The molecule has 3 aromatic rings. The average Bonchev–Trinajstić information content (AvgIpc) is 3.41. The lowest BCUT2D eigenvalue weighted by Gasteiger charge is -2.29. The number of imide groups is 1. The number of carbonyl (C=O) groups excluding carboxylic acids is 5. The molecule has 14 nitrogen and oxygen atoms in total. The fraction of sp³-hybridized carbons (Fsp3) is 0.289. The van der Waals surface area contributed by atoms with Crippen LogP contribution in [0.5, 0.6) is 17.2 Å². The molecule has 0 radical (unpaired) electrons. The standard InChI is InChI=1S/C19H15ClF3NO7.C19H15FN2O4/c1-3-29-17(25)10(2)30-18(26)13-9-12(5-6-15(13)24(27)28)31-16-7-4-11(8-14(16)20)19(21,22)23;1-2-7-21-15-9-14(13(20)8-16(15)26-10-17(21)23)22-18(24)11-5-3-4-6-12(11)19(22)25/h4-10H,3H2,1-2H3;1,8-9H,3-7,10H2. The second kappa shape index (κ2) is 17.1. The maximum Gasteiger partial charge on any atom is 0.416 e. The summed E-state index contributed by atoms with van der Waals surface area (Å²) >= 11 is 5.83. The summed E-state index contributed by atoms with van der Waals surface area (Å²) in [5.74, 6) is -1.95. The molecule has 3 aromatic carbocycles. The molecule has 3 aliphatic rings. The van der Waals surface area contributed by atoms with E-state index in [9.17, 15) is 51.6 Å². The molecular formula is C38H30ClF4N3O11. The number of anilines is 2. The number of amides is 3. The number of fused-ring (bicyclic) bond motifs is 1. The van der Waals surface area contributed by atoms with Crippen molar-refractivity contribution in [2.45, 2.75) is 51.8 Å². The molecule has 1 atom stereocenters. The van der Waals surface area contributed by atoms with Crippen LogP contribution in [0.2, 0.25) is 5.02 Å². The van der Waals surface area contributed by atoms with Gasteiger partial charge in [0.25, 0.3) is 23.4 Å². The molecule has 2 aliphatic heterocycles. The van der Waals surface area contributed by atoms with Gasteiger partial charge in [-0.3, -0.25) is 29.4 Å². The highest BCUT2D eigenvalue weighted by Crippen LogP contribution is 2.42. The van der Waals surface area contributed by atoms with E-state index in [4.69, 9.17) is 37.0 Å². The molecule has 0 aromatic heterocycles. The van der Waals surface area contributed by atoms with Crippen LogP contribution in [-0.2, 0) is 34.8 Å². The highest BCUT2D eigenvalue weighted by atomic mass is 35.5. The van der Waals surface area contributed by atoms with Crippen LogP contribution < -0.4 is 19.3 Å². The van der Waals surface area contributed by atoms with E-state index in [0.29, 0.717) is 30.1 Å². The van der Waals surface area contributed by atoms with Crippen LogP contribution in [0.15, 0.2) is 59.7 Å². The van der Waals surface area contributed by atoms with Crippen molar-refractivity contribution in [1.29, 1.82) is 0 Å². The number of ether oxygens (including phenoxy) is 4. The second-order valence-corrected chi connectivity index (χ2v) is 12.7. The summed E-state index contributed by atoms with van der Waals surface area (Å²) < 4.78 is 73.2. The van der Waals surface area contributed by atoms with Gasteiger partial charge in [-0.25, -0.2) is 18.9 Å². The molecule has 298 valence electrons. The molecular weight excluding hydrogens is 786 g/mol. The molecule has 19 heteroatoms. The Balaban J connectivity index is 0.000000220. The Hall–Kier alpha value is -6.48. The first-order valence-corrected chi connectivity index (χ1v) is 17.4. The van der Waals surface area contributed by atoms with Crippen LogP contribution in [0.4, 0.5) is 34.6 Å². The third-order valence-electron chi connectivity index (χ3n) is 8.63. The van der Waals surface area contributed by atoms with Crippen LogP contribution in [0, 0.1) is 28.3 Å². The van der Waals surface area contributed by atoms with Crippen LogP contribution in [-0.4, -0.2) is 60.4 Å². The molecule has 0 fully saturated rings. The fourth-order valence-corrected chi connectivity index (χ4v) is 6.14. The van der Waals surface area contributed by atoms with Gasteiger partial charge in [0.1, 0.15) is 22.8 Å². The lowest BCUT2D eigenvalue weighted by Crippen LogP contribution is -2.39. The highest BCUT2D eigenvalue weighted by Gasteiger charge is 2.42. The monoisotopic (exact) mass is 815 g/mol. The normalized spacial score (nSPS) is 15.4. The quantitative estimate of drug-likeness (QED) is 0.0539. The Morgan fingerprint density at radius 1 is 1.04 bits per heavy atom. The van der Waals surface area contributed by atoms with Crippen molar-refractivity contribution < 1.29 is 65.4 Å². The summed E-state index contributed by atoms with van der Waals surface area (Å²) in [7, 11) is 0. The van der Waals surface area contributed by atoms with E-state index in [2.05, 4.69) is 5.92 Å². The number of terminal acetylenes is 1. The SMILES string of the molecule is C#CCN1C(=O)COc2cc(F)c(N3C(=O)C4=C(CCCC4)C3=O)cc21.CCOC(=O)C(C)OC(=O)c1cc(Oc2ccc(C(F)(F)F)cc2Cl)ccc1[N+](=O)[O-]. The van der Waals surface area contributed by atoms with Gasteiger partial charge in [0, 0.05) is 29.3 Å². The molecule has 1 aliphatic carbocycles. The lowest BCUT2D eigenvalue weighted by atomic mass is 9.93. The number of halogens is 5. The summed E-state index contributed by atoms with van der Waals surface area (Å²) in [5.41, 5.74) is -1.17. The number of rotatable bonds is 9. The van der Waals surface area contributed by atoms with Crippen molar-refractivity contribution in [3.63, 3.8) is 0 Å². The van der Waals surface area contributed by atoms with Crippen LogP contribution in [0.1, 0.15) is 55.5 Å². The zero-order valence-corrected chi connectivity index (χ0v) is 30.7. The minimum absolute atomic E-state index is 0.0170. The molecule has 0 N–H and O–H groups in total. The summed E-state index contributed by atoms with van der Waals surface area (Å²) in [4.78, 5) is 73.9. The molecule has 57 heavy (non-hydrogen) atoms. The Morgan fingerprint density at radius 2 is 1.70 bits per heavy atom. The number of benzene rings is 3. The average molecular weight is 816 g/mol. The van der Waals surface area contributed by atoms with E-state index in [1.165, 1.54) is 17.9 Å². The van der Waals surface area contributed by atoms with Crippen molar-refractivity contribution >= 4 is 58.3 Å². The number of nitro groups is 1. The number of hydrogen-bond acceptors (Lipinski definition) is 11. The third kappa shape index (κ3) is 8.99. The van der Waals surface area contributed by atoms with Crippen molar-refractivity contribution in [3.8, 4) is 29.6 Å². The first-order valence-electron chi connectivity index (χ1n) is 17.0. The summed E-state index contributed by atoms with van der Waals surface area (Å²) in [6.07, 6.45) is 2.07. The predicted molar refractivity (Wildman–Crippen MR) is 192 cm³/mol. The summed E-state index contributed by atoms with van der Waals surface area (Å²) in [5, 5.41) is 10.9. The predicted octanol–water partition coefficient (Wildman–Crippen LogP) is 7.10. The van der Waals surface area contributed by atoms with E-state index in [0.717, 1.165) is 54.1 Å². The van der Waals surface area contributed by atoms with Gasteiger partial charge < -0.3 is 18.9 Å². The maximum atomic E-state index is 14.7. The van der Waals surface area contributed by atoms with E-state index in [1.54, 1.807) is 6.92 Å². The van der Waals surface area contributed by atoms with Crippen molar-refractivity contribution in [1.82, 2.24) is 0 Å². The Labute approximate surface area is 326 Å². The number of esters is 2. The van der Waals surface area contributed by atoms with Gasteiger partial charge in [-0.15, -0.1) is 6.42 Å². The molecule has 0 saturated heterocycles. The number of alkyl halides is 3. The lowest BCUT2D eigenvalue weighted by molar-refractivity contribution is -0.385. The van der Waals surface area contributed by atoms with E-state index in [-0.39, 0.29) is 59.3 Å². The summed E-state index contributed by atoms with van der Waals surface area (Å²) in [6, 6.07) is 7.74. The maximum absolute atomic E-state index is 14.7. The zero-order chi connectivity index (χ0) is 41.8. The number of nitro benzene ring substituents is 1. The topological polar surface area (TPSA) is 172 Å². The van der Waals surface area contributed by atoms with Crippen LogP contribution in [0.25, 0.3) is 0 Å². The van der Waals surface area contributed by atoms with Gasteiger partial charge in [0.05, 0.1) is 40.0 Å². The molecule has 0 spiro atoms. The van der Waals surface area contributed by atoms with Gasteiger partial charge in [0.2, 0.25) is 0 Å². The molecule has 6 rings (SSSR count). The number of hydrogen-bond donors (Lipinski definition) is 0. The number of nitrogens with zero attached hydrogens (tertiary/aromatic N) is 3. The van der Waals surface area contributed by atoms with Gasteiger partial charge >= 0.3 is 18.1 Å². The molecule has 0 bridgehead atoms. The largest absolute Gasteiger partial charge is 0.481 e. The smallest absolute Gasteiger partial charge is 0.416 e. The molecule has 0 saturated carbocycles. The van der Waals surface area contributed by atoms with Crippen molar-refractivity contribution in [2.75, 3.05) is 29.6 Å². The minimum Gasteiger partial charge on any atom is -0.481 e. The first kappa shape index (κ1) is 41.7. The Kier molecular flexibility index (Phi) is 12.5. The Morgan fingerprint density at radius 3 is 2.28 bits per heavy atom. The number of carbonyl (C=O) groups is 5. The highest BCUT2D eigenvalue weighted by molar-refractivity contribution is 6.33. The molecule has 3 amide bonds. The fourth-order valence-electron chi connectivity index (χ4n) is 5.93. The second-order valence-electron chi connectivity index (χ2n) is 12.3. The molecule has 1 unspecified atom stereocenters. The van der Waals surface area contributed by atoms with Crippen LogP contribution in [0.3, 0.4) is 0 Å². The first-order chi connectivity index (χ1) is 27.0. The van der Waals surface area contributed by atoms with Gasteiger partial charge in [-0.1, -0.05) is 17.5 Å². The van der Waals surface area contributed by atoms with E-state index >= 15 is 0 Å². The van der Waals surface area contributed by atoms with Gasteiger partial charge in [0.15, 0.2) is 18.5 Å². The van der Waals surface area contributed by atoms with Crippen molar-refractivity contribution in [3.05, 3.63) is 91.8 Å². The van der Waals surface area contributed by atoms with E-state index < -0.39 is 63.6 Å². The Bertz CT molecular complexity index is 2230. The minimum atomic E-state index is -4.61. The van der Waals surface area contributed by atoms with Crippen molar-refractivity contribution in [2.24, 2.45) is 0 Å². The third-order valence-corrected chi connectivity index (χ3v) is 8.92. The molecule has 2 heterocycles. The van der Waals surface area contributed by atoms with E-state index in [1.807, 2.05) is 0 Å². The zero-order valence-electron chi connectivity index (χ0n) is 29.9. The van der Waals surface area contributed by atoms with Gasteiger partial charge in [-0.05, 0) is 69.9 Å². The van der Waals surface area contributed by atoms with Crippen LogP contribution >= 0.6 is 11.6 Å². The summed E-state index contributed by atoms with van der Waals surface area (Å²) in [6.45, 7) is 2.55.